The zero-order valence-corrected chi connectivity index (χ0v) is 20.2. The predicted molar refractivity (Wildman–Crippen MR) is 127 cm³/mol. The van der Waals surface area contributed by atoms with Crippen LogP contribution in [0.25, 0.3) is 0 Å². The molecule has 27 heavy (non-hydrogen) atoms. The molecule has 164 valence electrons. The standard InChI is InChI=1S/C14H29Cl.C8H17N3.ClH/c1-2-3-4-5-6-7-8-9-10-11-12-13-14-15;1-4-9-8-10-6-5-7-11(2)3;/h2-14H2,1H3;4-7H2,1-3H3;1H. The molecular formula is C22H47Cl2N3. The van der Waals surface area contributed by atoms with Gasteiger partial charge in [-0.05, 0) is 40.4 Å². The molecule has 0 N–H and O–H groups in total. The summed E-state index contributed by atoms with van der Waals surface area (Å²) < 4.78 is 0. The van der Waals surface area contributed by atoms with Crippen molar-refractivity contribution in [2.24, 2.45) is 9.98 Å². The van der Waals surface area contributed by atoms with Crippen LogP contribution in [0.2, 0.25) is 0 Å². The van der Waals surface area contributed by atoms with Gasteiger partial charge in [0.15, 0.2) is 0 Å². The van der Waals surface area contributed by atoms with Gasteiger partial charge in [0.25, 0.3) is 0 Å². The van der Waals surface area contributed by atoms with E-state index < -0.39 is 0 Å². The lowest BCUT2D eigenvalue weighted by atomic mass is 10.1. The molecule has 0 saturated heterocycles. The third kappa shape index (κ3) is 37.4. The van der Waals surface area contributed by atoms with Gasteiger partial charge in [-0.1, -0.05) is 77.6 Å². The van der Waals surface area contributed by atoms with E-state index in [1.807, 2.05) is 6.92 Å². The molecule has 0 aromatic rings. The molecule has 0 aliphatic rings. The Hall–Kier alpha value is -0.0800. The Bertz CT molecular complexity index is 292. The van der Waals surface area contributed by atoms with Crippen LogP contribution in [0, 0.1) is 0 Å². The molecule has 0 aromatic heterocycles. The third-order valence-electron chi connectivity index (χ3n) is 4.16. The Labute approximate surface area is 181 Å². The van der Waals surface area contributed by atoms with Crippen molar-refractivity contribution in [3.8, 4) is 0 Å². The SMILES string of the molecule is CCCCCCCCCCCCCCCl.CCN=C=NCCCN(C)C.Cl. The van der Waals surface area contributed by atoms with Crippen molar-refractivity contribution in [1.82, 2.24) is 4.90 Å². The summed E-state index contributed by atoms with van der Waals surface area (Å²) in [5.74, 6) is 0.845. The molecule has 5 heteroatoms. The maximum Gasteiger partial charge on any atom is 0.0892 e. The number of nitrogens with zero attached hydrogens (tertiary/aromatic N) is 3. The molecular weight excluding hydrogens is 377 g/mol. The minimum atomic E-state index is 0. The van der Waals surface area contributed by atoms with Crippen LogP contribution in [0.4, 0.5) is 0 Å². The highest BCUT2D eigenvalue weighted by molar-refractivity contribution is 6.17. The van der Waals surface area contributed by atoms with Crippen LogP contribution in [0.1, 0.15) is 97.3 Å². The minimum absolute atomic E-state index is 0. The molecule has 0 atom stereocenters. The van der Waals surface area contributed by atoms with Gasteiger partial charge < -0.3 is 4.90 Å². The van der Waals surface area contributed by atoms with Crippen molar-refractivity contribution in [2.75, 3.05) is 39.6 Å². The number of halogens is 2. The zero-order chi connectivity index (χ0) is 19.7. The summed E-state index contributed by atoms with van der Waals surface area (Å²) in [4.78, 5) is 9.99. The predicted octanol–water partition coefficient (Wildman–Crippen LogP) is 7.48. The molecule has 0 unspecified atom stereocenters. The zero-order valence-electron chi connectivity index (χ0n) is 18.6. The quantitative estimate of drug-likeness (QED) is 0.135. The van der Waals surface area contributed by atoms with Crippen molar-refractivity contribution < 1.29 is 0 Å². The first kappa shape index (κ1) is 31.6. The Kier molecular flexibility index (Phi) is 35.9. The van der Waals surface area contributed by atoms with Gasteiger partial charge in [0.1, 0.15) is 0 Å². The Morgan fingerprint density at radius 2 is 1.19 bits per heavy atom. The molecule has 3 nitrogen and oxygen atoms in total. The van der Waals surface area contributed by atoms with Gasteiger partial charge in [0.2, 0.25) is 0 Å². The maximum atomic E-state index is 5.62. The fourth-order valence-corrected chi connectivity index (χ4v) is 2.76. The highest BCUT2D eigenvalue weighted by atomic mass is 35.5. The van der Waals surface area contributed by atoms with Crippen molar-refractivity contribution in [3.63, 3.8) is 0 Å². The van der Waals surface area contributed by atoms with Crippen LogP contribution < -0.4 is 0 Å². The number of alkyl halides is 1. The summed E-state index contributed by atoms with van der Waals surface area (Å²) in [6.07, 6.45) is 17.9. The van der Waals surface area contributed by atoms with Crippen LogP contribution in [0.3, 0.4) is 0 Å². The van der Waals surface area contributed by atoms with Crippen LogP contribution in [-0.4, -0.2) is 50.5 Å². The topological polar surface area (TPSA) is 28.0 Å². The normalized spacial score (nSPS) is 9.85. The molecule has 0 saturated carbocycles. The van der Waals surface area contributed by atoms with E-state index >= 15 is 0 Å². The summed E-state index contributed by atoms with van der Waals surface area (Å²) >= 11 is 5.62. The monoisotopic (exact) mass is 423 g/mol. The lowest BCUT2D eigenvalue weighted by Crippen LogP contribution is -2.13. The Morgan fingerprint density at radius 1 is 0.704 bits per heavy atom. The Balaban J connectivity index is -0.000000430. The first-order chi connectivity index (χ1) is 12.7. The van der Waals surface area contributed by atoms with Crippen LogP contribution in [0.15, 0.2) is 9.98 Å². The van der Waals surface area contributed by atoms with E-state index in [1.165, 1.54) is 77.0 Å². The van der Waals surface area contributed by atoms with Gasteiger partial charge in [-0.15, -0.1) is 24.0 Å². The summed E-state index contributed by atoms with van der Waals surface area (Å²) in [6, 6.07) is 2.64. The third-order valence-corrected chi connectivity index (χ3v) is 4.43. The van der Waals surface area contributed by atoms with Gasteiger partial charge in [0.05, 0.1) is 12.6 Å². The van der Waals surface area contributed by atoms with E-state index in [4.69, 9.17) is 11.6 Å². The molecule has 0 radical (unpaired) electrons. The van der Waals surface area contributed by atoms with Crippen LogP contribution >= 0.6 is 24.0 Å². The summed E-state index contributed by atoms with van der Waals surface area (Å²) in [5.41, 5.74) is 0. The molecule has 0 amide bonds. The van der Waals surface area contributed by atoms with Crippen molar-refractivity contribution in [2.45, 2.75) is 97.3 Å². The largest absolute Gasteiger partial charge is 0.309 e. The van der Waals surface area contributed by atoms with E-state index in [-0.39, 0.29) is 12.4 Å². The molecule has 0 heterocycles. The highest BCUT2D eigenvalue weighted by Crippen LogP contribution is 2.11. The summed E-state index contributed by atoms with van der Waals surface area (Å²) in [7, 11) is 4.12. The van der Waals surface area contributed by atoms with Gasteiger partial charge >= 0.3 is 0 Å². The van der Waals surface area contributed by atoms with E-state index in [0.29, 0.717) is 0 Å². The van der Waals surface area contributed by atoms with Crippen LogP contribution in [-0.2, 0) is 0 Å². The number of unbranched alkanes of at least 4 members (excludes halogenated alkanes) is 11. The molecule has 0 aliphatic heterocycles. The molecule has 0 fully saturated rings. The fourth-order valence-electron chi connectivity index (χ4n) is 2.57. The maximum absolute atomic E-state index is 5.62. The number of hydrogen-bond acceptors (Lipinski definition) is 3. The second-order valence-electron chi connectivity index (χ2n) is 7.19. The molecule has 0 spiro atoms. The average Bonchev–Trinajstić information content (AvgIpc) is 2.63. The smallest absolute Gasteiger partial charge is 0.0892 e. The van der Waals surface area contributed by atoms with E-state index in [9.17, 15) is 0 Å². The lowest BCUT2D eigenvalue weighted by Gasteiger charge is -2.05. The Morgan fingerprint density at radius 3 is 1.59 bits per heavy atom. The van der Waals surface area contributed by atoms with Gasteiger partial charge in [-0.2, -0.15) is 0 Å². The van der Waals surface area contributed by atoms with Gasteiger partial charge in [-0.3, -0.25) is 0 Å². The fraction of sp³-hybridized carbons (Fsp3) is 0.955. The van der Waals surface area contributed by atoms with Crippen molar-refractivity contribution >= 4 is 30.0 Å². The van der Waals surface area contributed by atoms with E-state index in [0.717, 1.165) is 31.9 Å². The summed E-state index contributed by atoms with van der Waals surface area (Å²) in [6.45, 7) is 6.94. The number of rotatable bonds is 17. The molecule has 0 aliphatic carbocycles. The van der Waals surface area contributed by atoms with Crippen LogP contribution in [0.5, 0.6) is 0 Å². The second-order valence-corrected chi connectivity index (χ2v) is 7.57. The first-order valence-electron chi connectivity index (χ1n) is 11.0. The van der Waals surface area contributed by atoms with E-state index in [2.05, 4.69) is 41.9 Å². The number of hydrogen-bond donors (Lipinski definition) is 0. The van der Waals surface area contributed by atoms with E-state index in [1.54, 1.807) is 0 Å². The number of aliphatic imine (C=N–C) groups is 2. The molecule has 0 rings (SSSR count). The van der Waals surface area contributed by atoms with Crippen molar-refractivity contribution in [1.29, 1.82) is 0 Å². The van der Waals surface area contributed by atoms with Gasteiger partial charge in [0, 0.05) is 12.4 Å². The minimum Gasteiger partial charge on any atom is -0.309 e. The molecule has 0 bridgehead atoms. The second kappa shape index (κ2) is 30.6. The summed E-state index contributed by atoms with van der Waals surface area (Å²) in [5, 5.41) is 0. The first-order valence-corrected chi connectivity index (χ1v) is 11.5. The van der Waals surface area contributed by atoms with Crippen molar-refractivity contribution in [3.05, 3.63) is 0 Å². The average molecular weight is 425 g/mol. The highest BCUT2D eigenvalue weighted by Gasteiger charge is 1.92. The van der Waals surface area contributed by atoms with Gasteiger partial charge in [-0.25, -0.2) is 9.98 Å². The molecule has 0 aromatic carbocycles. The lowest BCUT2D eigenvalue weighted by molar-refractivity contribution is 0.403.